The lowest BCUT2D eigenvalue weighted by molar-refractivity contribution is -0.141. The number of nitrogens with one attached hydrogen (secondary N) is 1. The summed E-state index contributed by atoms with van der Waals surface area (Å²) < 4.78 is 26.1. The van der Waals surface area contributed by atoms with E-state index in [0.29, 0.717) is 25.8 Å². The Bertz CT molecular complexity index is 896. The number of thioether (sulfide) groups is 1. The highest BCUT2D eigenvalue weighted by Crippen LogP contribution is 2.30. The molecule has 1 saturated heterocycles. The van der Waals surface area contributed by atoms with Gasteiger partial charge in [-0.25, -0.2) is 4.98 Å². The third kappa shape index (κ3) is 7.29. The summed E-state index contributed by atoms with van der Waals surface area (Å²) in [4.78, 5) is 9.06. The molecule has 2 aromatic heterocycles. The van der Waals surface area contributed by atoms with Crippen molar-refractivity contribution in [1.29, 1.82) is 0 Å². The molecule has 1 N–H and O–H groups in total. The molecule has 0 aliphatic carbocycles. The van der Waals surface area contributed by atoms with Gasteiger partial charge >= 0.3 is 0 Å². The van der Waals surface area contributed by atoms with Crippen LogP contribution in [0.15, 0.2) is 12.5 Å². The Labute approximate surface area is 202 Å². The van der Waals surface area contributed by atoms with Crippen LogP contribution >= 0.6 is 11.8 Å². The minimum atomic E-state index is -0.540. The van der Waals surface area contributed by atoms with E-state index in [1.807, 2.05) is 34.6 Å². The van der Waals surface area contributed by atoms with Crippen molar-refractivity contribution in [2.45, 2.75) is 91.2 Å². The Hall–Kier alpha value is -1.39. The maximum absolute atomic E-state index is 6.18. The number of nitrogens with zero attached hydrogens (tertiary/aromatic N) is 3. The molecule has 1 aliphatic heterocycles. The van der Waals surface area contributed by atoms with Crippen LogP contribution in [0.3, 0.4) is 0 Å². The van der Waals surface area contributed by atoms with Crippen molar-refractivity contribution in [2.75, 3.05) is 25.2 Å². The number of ether oxygens (including phenoxy) is 4. The van der Waals surface area contributed by atoms with E-state index in [1.165, 1.54) is 0 Å². The van der Waals surface area contributed by atoms with Crippen LogP contribution in [0.4, 0.5) is 0 Å². The number of hydrogen-bond donors (Lipinski definition) is 1. The average Bonchev–Trinajstić information content (AvgIpc) is 3.28. The molecular formula is C24H40N4O4S. The zero-order valence-corrected chi connectivity index (χ0v) is 22.0. The SMILES string of the molecule is CCCCOCn1cc(CN[C@H](CSC)[C@H]2COC(C)(C)O2)c2ncnc(OC(C)(C)C)c21. The van der Waals surface area contributed by atoms with Gasteiger partial charge in [-0.1, -0.05) is 13.3 Å². The molecule has 9 heteroatoms. The van der Waals surface area contributed by atoms with Crippen LogP contribution in [-0.4, -0.2) is 63.3 Å². The minimum absolute atomic E-state index is 0.00703. The van der Waals surface area contributed by atoms with Crippen LogP contribution in [0.25, 0.3) is 11.0 Å². The van der Waals surface area contributed by atoms with Gasteiger partial charge in [-0.3, -0.25) is 0 Å². The van der Waals surface area contributed by atoms with Crippen molar-refractivity contribution >= 4 is 22.8 Å². The lowest BCUT2D eigenvalue weighted by Crippen LogP contribution is -2.43. The van der Waals surface area contributed by atoms with E-state index in [-0.39, 0.29) is 17.7 Å². The zero-order chi connectivity index (χ0) is 24.1. The topological polar surface area (TPSA) is 79.7 Å². The third-order valence-corrected chi connectivity index (χ3v) is 6.04. The van der Waals surface area contributed by atoms with E-state index in [0.717, 1.165) is 41.8 Å². The molecule has 0 radical (unpaired) electrons. The molecule has 1 fully saturated rings. The van der Waals surface area contributed by atoms with Crippen molar-refractivity contribution in [3.05, 3.63) is 18.1 Å². The fourth-order valence-corrected chi connectivity index (χ4v) is 4.50. The van der Waals surface area contributed by atoms with Gasteiger partial charge in [0.2, 0.25) is 5.88 Å². The van der Waals surface area contributed by atoms with Crippen LogP contribution in [-0.2, 0) is 27.5 Å². The lowest BCUT2D eigenvalue weighted by Gasteiger charge is -2.24. The van der Waals surface area contributed by atoms with Crippen LogP contribution in [0.5, 0.6) is 5.88 Å². The number of hydrogen-bond acceptors (Lipinski definition) is 8. The normalized spacial score (nSPS) is 19.3. The van der Waals surface area contributed by atoms with Gasteiger partial charge in [0.15, 0.2) is 5.79 Å². The summed E-state index contributed by atoms with van der Waals surface area (Å²) in [5, 5.41) is 3.69. The molecule has 0 saturated carbocycles. The molecule has 8 nitrogen and oxygen atoms in total. The summed E-state index contributed by atoms with van der Waals surface area (Å²) >= 11 is 1.80. The molecule has 33 heavy (non-hydrogen) atoms. The van der Waals surface area contributed by atoms with E-state index >= 15 is 0 Å². The fourth-order valence-electron chi connectivity index (χ4n) is 3.81. The second kappa shape index (κ2) is 11.4. The molecule has 0 aromatic carbocycles. The third-order valence-electron chi connectivity index (χ3n) is 5.35. The second-order valence-electron chi connectivity index (χ2n) is 9.92. The Morgan fingerprint density at radius 1 is 1.33 bits per heavy atom. The first kappa shape index (κ1) is 26.2. The maximum atomic E-state index is 6.18. The van der Waals surface area contributed by atoms with Gasteiger partial charge in [-0.2, -0.15) is 16.7 Å². The van der Waals surface area contributed by atoms with E-state index in [4.69, 9.17) is 18.9 Å². The molecule has 2 aromatic rings. The van der Waals surface area contributed by atoms with Crippen LogP contribution in [0.1, 0.15) is 59.9 Å². The van der Waals surface area contributed by atoms with E-state index in [9.17, 15) is 0 Å². The summed E-state index contributed by atoms with van der Waals surface area (Å²) in [6.45, 7) is 14.5. The summed E-state index contributed by atoms with van der Waals surface area (Å²) in [6, 6.07) is 0.160. The average molecular weight is 481 g/mol. The van der Waals surface area contributed by atoms with Crippen molar-refractivity contribution in [2.24, 2.45) is 0 Å². The summed E-state index contributed by atoms with van der Waals surface area (Å²) in [5.41, 5.74) is 2.45. The van der Waals surface area contributed by atoms with Gasteiger partial charge in [-0.05, 0) is 47.3 Å². The number of fused-ring (bicyclic) bond motifs is 1. The van der Waals surface area contributed by atoms with Gasteiger partial charge in [0.05, 0.1) is 6.61 Å². The highest BCUT2D eigenvalue weighted by molar-refractivity contribution is 7.98. The van der Waals surface area contributed by atoms with Gasteiger partial charge < -0.3 is 28.8 Å². The van der Waals surface area contributed by atoms with Crippen molar-refractivity contribution in [3.63, 3.8) is 0 Å². The molecule has 3 rings (SSSR count). The predicted octanol–water partition coefficient (Wildman–Crippen LogP) is 4.36. The quantitative estimate of drug-likeness (QED) is 0.449. The molecule has 1 aliphatic rings. The maximum Gasteiger partial charge on any atom is 0.242 e. The molecule has 0 unspecified atom stereocenters. The summed E-state index contributed by atoms with van der Waals surface area (Å²) in [5.74, 6) is 0.963. The molecule has 3 heterocycles. The molecule has 0 spiro atoms. The van der Waals surface area contributed by atoms with Crippen LogP contribution < -0.4 is 10.1 Å². The Morgan fingerprint density at radius 2 is 2.12 bits per heavy atom. The van der Waals surface area contributed by atoms with Crippen molar-refractivity contribution in [1.82, 2.24) is 19.9 Å². The molecule has 0 amide bonds. The molecule has 186 valence electrons. The number of unbranched alkanes of at least 4 members (excludes halogenated alkanes) is 1. The highest BCUT2D eigenvalue weighted by atomic mass is 32.2. The monoisotopic (exact) mass is 480 g/mol. The van der Waals surface area contributed by atoms with Crippen LogP contribution in [0.2, 0.25) is 0 Å². The highest BCUT2D eigenvalue weighted by Gasteiger charge is 2.37. The van der Waals surface area contributed by atoms with Gasteiger partial charge in [-0.15, -0.1) is 0 Å². The lowest BCUT2D eigenvalue weighted by atomic mass is 10.2. The number of rotatable bonds is 12. The van der Waals surface area contributed by atoms with Crippen LogP contribution in [0, 0.1) is 0 Å². The van der Waals surface area contributed by atoms with Crippen molar-refractivity contribution in [3.8, 4) is 5.88 Å². The van der Waals surface area contributed by atoms with Crippen molar-refractivity contribution < 1.29 is 18.9 Å². The Balaban J connectivity index is 1.84. The minimum Gasteiger partial charge on any atom is -0.470 e. The van der Waals surface area contributed by atoms with Gasteiger partial charge in [0, 0.05) is 36.7 Å². The summed E-state index contributed by atoms with van der Waals surface area (Å²) in [7, 11) is 0. The van der Waals surface area contributed by atoms with Gasteiger partial charge in [0.1, 0.15) is 35.8 Å². The fraction of sp³-hybridized carbons (Fsp3) is 0.750. The molecule has 0 bridgehead atoms. The summed E-state index contributed by atoms with van der Waals surface area (Å²) in [6.07, 6.45) is 7.92. The van der Waals surface area contributed by atoms with Gasteiger partial charge in [0.25, 0.3) is 0 Å². The standard InChI is InChI=1S/C24H40N4O4S/c1-8-9-10-29-16-28-12-17(20-21(28)22(27-15-26-20)32-23(2,3)4)11-25-18(14-33-7)19-13-30-24(5,6)31-19/h12,15,18-19,25H,8-11,13-14,16H2,1-7H3/t18-,19-/m1/s1. The second-order valence-corrected chi connectivity index (χ2v) is 10.8. The first-order chi connectivity index (χ1) is 15.6. The largest absolute Gasteiger partial charge is 0.470 e. The first-order valence-electron chi connectivity index (χ1n) is 11.8. The molecule has 2 atom stereocenters. The zero-order valence-electron chi connectivity index (χ0n) is 21.1. The predicted molar refractivity (Wildman–Crippen MR) is 133 cm³/mol. The first-order valence-corrected chi connectivity index (χ1v) is 13.2. The Kier molecular flexibility index (Phi) is 9.02. The van der Waals surface area contributed by atoms with E-state index in [2.05, 4.69) is 39.2 Å². The van der Waals surface area contributed by atoms with E-state index in [1.54, 1.807) is 18.1 Å². The smallest absolute Gasteiger partial charge is 0.242 e. The van der Waals surface area contributed by atoms with E-state index < -0.39 is 5.79 Å². The number of aromatic nitrogens is 3. The Morgan fingerprint density at radius 3 is 2.76 bits per heavy atom. The molecular weight excluding hydrogens is 440 g/mol.